The van der Waals surface area contributed by atoms with E-state index in [0.29, 0.717) is 15.7 Å². The predicted octanol–water partition coefficient (Wildman–Crippen LogP) is 3.92. The minimum atomic E-state index is -0.355. The highest BCUT2D eigenvalue weighted by Crippen LogP contribution is 2.29. The van der Waals surface area contributed by atoms with Crippen molar-refractivity contribution in [3.05, 3.63) is 28.2 Å². The Morgan fingerprint density at radius 1 is 1.42 bits per heavy atom. The quantitative estimate of drug-likeness (QED) is 0.607. The molecule has 0 radical (unpaired) electrons. The van der Waals surface area contributed by atoms with Crippen LogP contribution in [-0.2, 0) is 0 Å². The van der Waals surface area contributed by atoms with Crippen LogP contribution < -0.4 is 5.32 Å². The lowest BCUT2D eigenvalue weighted by atomic mass is 10.3. The Balaban J connectivity index is 3.00. The van der Waals surface area contributed by atoms with Crippen LogP contribution in [0.2, 0.25) is 10.0 Å². The fourth-order valence-electron chi connectivity index (χ4n) is 0.706. The summed E-state index contributed by atoms with van der Waals surface area (Å²) in [5.41, 5.74) is 0.492. The van der Waals surface area contributed by atoms with E-state index in [1.54, 1.807) is 18.2 Å². The van der Waals surface area contributed by atoms with Gasteiger partial charge in [0.2, 0.25) is 0 Å². The van der Waals surface area contributed by atoms with E-state index in [0.717, 1.165) is 0 Å². The van der Waals surface area contributed by atoms with Gasteiger partial charge in [-0.1, -0.05) is 29.3 Å². The number of carbonyl (C=O) groups excluding carboxylic acids is 1. The second-order valence-corrected chi connectivity index (χ2v) is 3.51. The van der Waals surface area contributed by atoms with Gasteiger partial charge in [-0.3, -0.25) is 4.79 Å². The monoisotopic (exact) mass is 267 g/mol. The lowest BCUT2D eigenvalue weighted by Gasteiger charge is -2.03. The molecular weight excluding hydrogens is 265 g/mol. The summed E-state index contributed by atoms with van der Waals surface area (Å²) in [6.45, 7) is 0. The lowest BCUT2D eigenvalue weighted by Crippen LogP contribution is -2.00. The third kappa shape index (κ3) is 2.37. The first-order valence-electron chi connectivity index (χ1n) is 3.02. The molecule has 0 atom stereocenters. The molecule has 0 fully saturated rings. The molecule has 2 nitrogen and oxygen atoms in total. The van der Waals surface area contributed by atoms with Gasteiger partial charge in [0.05, 0.1) is 15.7 Å². The van der Waals surface area contributed by atoms with Crippen molar-refractivity contribution >= 4 is 49.6 Å². The topological polar surface area (TPSA) is 29.1 Å². The van der Waals surface area contributed by atoms with Gasteiger partial charge in [0.25, 0.3) is 4.82 Å². The number of nitrogens with one attached hydrogen (secondary N) is 1. The molecule has 5 heteroatoms. The zero-order valence-corrected chi connectivity index (χ0v) is 8.87. The van der Waals surface area contributed by atoms with Gasteiger partial charge in [-0.05, 0) is 12.1 Å². The van der Waals surface area contributed by atoms with Crippen LogP contribution in [0, 0.1) is 0 Å². The van der Waals surface area contributed by atoms with Crippen molar-refractivity contribution in [2.45, 2.75) is 0 Å². The highest BCUT2D eigenvalue weighted by Gasteiger charge is 2.04. The molecule has 1 amide bonds. The lowest BCUT2D eigenvalue weighted by molar-refractivity contribution is 0.270. The molecule has 0 unspecified atom stereocenters. The summed E-state index contributed by atoms with van der Waals surface area (Å²) in [6.07, 6.45) is 0. The Kier molecular flexibility index (Phi) is 3.38. The van der Waals surface area contributed by atoms with E-state index in [-0.39, 0.29) is 4.82 Å². The van der Waals surface area contributed by atoms with Crippen LogP contribution in [0.3, 0.4) is 0 Å². The third-order valence-electron chi connectivity index (χ3n) is 1.18. The van der Waals surface area contributed by atoms with Crippen molar-refractivity contribution < 1.29 is 4.79 Å². The first-order chi connectivity index (χ1) is 5.61. The maximum absolute atomic E-state index is 10.6. The summed E-state index contributed by atoms with van der Waals surface area (Å²) < 4.78 is 0. The first-order valence-corrected chi connectivity index (χ1v) is 4.56. The summed E-state index contributed by atoms with van der Waals surface area (Å²) in [7, 11) is 0. The van der Waals surface area contributed by atoms with Gasteiger partial charge >= 0.3 is 0 Å². The van der Waals surface area contributed by atoms with E-state index in [1.807, 2.05) is 0 Å². The van der Waals surface area contributed by atoms with Crippen molar-refractivity contribution in [3.8, 4) is 0 Å². The fraction of sp³-hybridized carbons (Fsp3) is 0. The molecule has 0 aliphatic heterocycles. The molecule has 0 spiro atoms. The van der Waals surface area contributed by atoms with Crippen molar-refractivity contribution in [1.82, 2.24) is 0 Å². The Morgan fingerprint density at radius 3 is 2.67 bits per heavy atom. The molecule has 0 aromatic heterocycles. The molecule has 0 heterocycles. The number of amides is 1. The smallest absolute Gasteiger partial charge is 0.291 e. The summed E-state index contributed by atoms with van der Waals surface area (Å²) in [4.78, 5) is 10.2. The molecular formula is C7H4BrCl2NO. The van der Waals surface area contributed by atoms with E-state index in [2.05, 4.69) is 21.2 Å². The SMILES string of the molecule is O=C(Br)Nc1cccc(Cl)c1Cl. The molecule has 1 rings (SSSR count). The maximum Gasteiger partial charge on any atom is 0.291 e. The second-order valence-electron chi connectivity index (χ2n) is 2.00. The van der Waals surface area contributed by atoms with Crippen LogP contribution in [-0.4, -0.2) is 4.82 Å². The van der Waals surface area contributed by atoms with Crippen molar-refractivity contribution in [2.75, 3.05) is 5.32 Å². The molecule has 0 aliphatic rings. The molecule has 64 valence electrons. The van der Waals surface area contributed by atoms with Crippen LogP contribution in [0.5, 0.6) is 0 Å². The molecule has 12 heavy (non-hydrogen) atoms. The minimum Gasteiger partial charge on any atom is -0.315 e. The number of hydrogen-bond donors (Lipinski definition) is 1. The van der Waals surface area contributed by atoms with Gasteiger partial charge in [0, 0.05) is 15.9 Å². The van der Waals surface area contributed by atoms with Gasteiger partial charge in [-0.25, -0.2) is 0 Å². The van der Waals surface area contributed by atoms with Crippen LogP contribution in [0.15, 0.2) is 18.2 Å². The zero-order chi connectivity index (χ0) is 9.14. The molecule has 1 aromatic carbocycles. The molecule has 1 N–H and O–H groups in total. The second kappa shape index (κ2) is 4.12. The van der Waals surface area contributed by atoms with Gasteiger partial charge in [0.1, 0.15) is 0 Å². The Morgan fingerprint density at radius 2 is 2.08 bits per heavy atom. The number of hydrogen-bond acceptors (Lipinski definition) is 1. The fourth-order valence-corrected chi connectivity index (χ4v) is 1.27. The zero-order valence-electron chi connectivity index (χ0n) is 5.77. The number of anilines is 1. The highest BCUT2D eigenvalue weighted by molar-refractivity contribution is 9.18. The van der Waals surface area contributed by atoms with Gasteiger partial charge in [-0.15, -0.1) is 0 Å². The third-order valence-corrected chi connectivity index (χ3v) is 2.20. The number of benzene rings is 1. The number of halogens is 3. The standard InChI is InChI=1S/C7H4BrCl2NO/c8-7(12)11-5-3-1-2-4(9)6(5)10/h1-3H,(H,11,12). The Bertz CT molecular complexity index is 316. The summed E-state index contributed by atoms with van der Waals surface area (Å²) in [5, 5.41) is 3.23. The summed E-state index contributed by atoms with van der Waals surface area (Å²) in [5.74, 6) is 0. The maximum atomic E-state index is 10.6. The van der Waals surface area contributed by atoms with Crippen LogP contribution in [0.4, 0.5) is 10.5 Å². The van der Waals surface area contributed by atoms with Crippen LogP contribution in [0.1, 0.15) is 0 Å². The van der Waals surface area contributed by atoms with Crippen LogP contribution >= 0.6 is 39.1 Å². The van der Waals surface area contributed by atoms with E-state index in [4.69, 9.17) is 23.2 Å². The minimum absolute atomic E-state index is 0.340. The molecule has 0 saturated heterocycles. The van der Waals surface area contributed by atoms with E-state index in [1.165, 1.54) is 0 Å². The molecule has 0 saturated carbocycles. The van der Waals surface area contributed by atoms with Crippen molar-refractivity contribution in [3.63, 3.8) is 0 Å². The van der Waals surface area contributed by atoms with E-state index < -0.39 is 0 Å². The average molecular weight is 269 g/mol. The van der Waals surface area contributed by atoms with Gasteiger partial charge in [0.15, 0.2) is 0 Å². The largest absolute Gasteiger partial charge is 0.315 e. The average Bonchev–Trinajstić information content (AvgIpc) is 1.98. The van der Waals surface area contributed by atoms with E-state index in [9.17, 15) is 4.79 Å². The molecule has 0 bridgehead atoms. The highest BCUT2D eigenvalue weighted by atomic mass is 79.9. The molecule has 1 aromatic rings. The Hall–Kier alpha value is -0.250. The predicted molar refractivity (Wildman–Crippen MR) is 54.4 cm³/mol. The van der Waals surface area contributed by atoms with E-state index >= 15 is 0 Å². The van der Waals surface area contributed by atoms with Crippen molar-refractivity contribution in [1.29, 1.82) is 0 Å². The van der Waals surface area contributed by atoms with Crippen LogP contribution in [0.25, 0.3) is 0 Å². The summed E-state index contributed by atoms with van der Waals surface area (Å²) in [6, 6.07) is 5.01. The normalized spacial score (nSPS) is 9.58. The summed E-state index contributed by atoms with van der Waals surface area (Å²) >= 11 is 14.2. The first kappa shape index (κ1) is 9.84. The number of rotatable bonds is 1. The number of carbonyl (C=O) groups is 1. The molecule has 0 aliphatic carbocycles. The van der Waals surface area contributed by atoms with Gasteiger partial charge < -0.3 is 5.32 Å². The Labute approximate surface area is 88.0 Å². The van der Waals surface area contributed by atoms with Crippen molar-refractivity contribution in [2.24, 2.45) is 0 Å². The van der Waals surface area contributed by atoms with Gasteiger partial charge in [-0.2, -0.15) is 0 Å².